The van der Waals surface area contributed by atoms with Crippen LogP contribution in [0.5, 0.6) is 0 Å². The molecule has 31 heavy (non-hydrogen) atoms. The first-order valence-corrected chi connectivity index (χ1v) is 10.7. The number of pyridine rings is 1. The van der Waals surface area contributed by atoms with Gasteiger partial charge in [-0.05, 0) is 67.4 Å². The molecule has 5 nitrogen and oxygen atoms in total. The second kappa shape index (κ2) is 7.32. The number of benzene rings is 2. The molecule has 6 heteroatoms. The molecule has 0 aliphatic carbocycles. The lowest BCUT2D eigenvalue weighted by Crippen LogP contribution is -2.27. The van der Waals surface area contributed by atoms with E-state index >= 15 is 0 Å². The summed E-state index contributed by atoms with van der Waals surface area (Å²) in [5, 5.41) is 13.3. The van der Waals surface area contributed by atoms with Gasteiger partial charge in [0.05, 0.1) is 17.4 Å². The average Bonchev–Trinajstić information content (AvgIpc) is 3.43. The molecule has 154 valence electrons. The van der Waals surface area contributed by atoms with Crippen LogP contribution in [0.4, 0.5) is 4.39 Å². The van der Waals surface area contributed by atoms with E-state index in [4.69, 9.17) is 4.98 Å². The second-order valence-electron chi connectivity index (χ2n) is 8.21. The Bertz CT molecular complexity index is 1380. The molecule has 0 saturated carbocycles. The maximum Gasteiger partial charge on any atom is 0.123 e. The molecule has 1 aliphatic heterocycles. The SMILES string of the molecule is Fc1ccc(-c2cccc3[nH]c(-c4n[nH]c5cnc(C6CCNCC6)cc45)cc23)cc1. The lowest BCUT2D eigenvalue weighted by Gasteiger charge is -2.22. The van der Waals surface area contributed by atoms with Crippen molar-refractivity contribution in [1.82, 2.24) is 25.5 Å². The van der Waals surface area contributed by atoms with Crippen molar-refractivity contribution in [2.75, 3.05) is 13.1 Å². The van der Waals surface area contributed by atoms with Crippen molar-refractivity contribution < 1.29 is 4.39 Å². The lowest BCUT2D eigenvalue weighted by atomic mass is 9.93. The number of nitrogens with one attached hydrogen (secondary N) is 3. The van der Waals surface area contributed by atoms with E-state index in [0.717, 1.165) is 75.9 Å². The van der Waals surface area contributed by atoms with Crippen molar-refractivity contribution in [1.29, 1.82) is 0 Å². The molecule has 0 atom stereocenters. The van der Waals surface area contributed by atoms with Crippen molar-refractivity contribution in [3.8, 4) is 22.5 Å². The lowest BCUT2D eigenvalue weighted by molar-refractivity contribution is 0.453. The van der Waals surface area contributed by atoms with Gasteiger partial charge in [0, 0.05) is 27.9 Å². The van der Waals surface area contributed by atoms with Gasteiger partial charge in [0.1, 0.15) is 11.5 Å². The largest absolute Gasteiger partial charge is 0.353 e. The van der Waals surface area contributed by atoms with Crippen molar-refractivity contribution in [2.24, 2.45) is 0 Å². The van der Waals surface area contributed by atoms with Crippen LogP contribution < -0.4 is 5.32 Å². The zero-order chi connectivity index (χ0) is 20.8. The van der Waals surface area contributed by atoms with Crippen LogP contribution in [0.1, 0.15) is 24.5 Å². The molecule has 2 aromatic carbocycles. The molecule has 6 rings (SSSR count). The summed E-state index contributed by atoms with van der Waals surface area (Å²) >= 11 is 0. The monoisotopic (exact) mass is 411 g/mol. The summed E-state index contributed by atoms with van der Waals surface area (Å²) in [6.45, 7) is 2.08. The Morgan fingerprint density at radius 2 is 1.74 bits per heavy atom. The smallest absolute Gasteiger partial charge is 0.123 e. The molecule has 3 aromatic heterocycles. The van der Waals surface area contributed by atoms with Crippen LogP contribution in [0, 0.1) is 5.82 Å². The number of piperidine rings is 1. The van der Waals surface area contributed by atoms with E-state index < -0.39 is 0 Å². The highest BCUT2D eigenvalue weighted by molar-refractivity contribution is 6.01. The van der Waals surface area contributed by atoms with Crippen LogP contribution in [0.2, 0.25) is 0 Å². The van der Waals surface area contributed by atoms with Gasteiger partial charge in [-0.3, -0.25) is 10.1 Å². The van der Waals surface area contributed by atoms with E-state index in [0.29, 0.717) is 5.92 Å². The molecule has 1 saturated heterocycles. The zero-order valence-electron chi connectivity index (χ0n) is 17.0. The molecular weight excluding hydrogens is 389 g/mol. The highest BCUT2D eigenvalue weighted by atomic mass is 19.1. The minimum Gasteiger partial charge on any atom is -0.353 e. The fourth-order valence-electron chi connectivity index (χ4n) is 4.64. The van der Waals surface area contributed by atoms with E-state index in [1.165, 1.54) is 12.1 Å². The fraction of sp³-hybridized carbons (Fsp3) is 0.200. The second-order valence-corrected chi connectivity index (χ2v) is 8.21. The van der Waals surface area contributed by atoms with Crippen LogP contribution in [-0.2, 0) is 0 Å². The van der Waals surface area contributed by atoms with Crippen LogP contribution >= 0.6 is 0 Å². The molecule has 1 aliphatic rings. The van der Waals surface area contributed by atoms with Crippen molar-refractivity contribution in [3.05, 3.63) is 72.3 Å². The van der Waals surface area contributed by atoms with Gasteiger partial charge in [0.15, 0.2) is 0 Å². The van der Waals surface area contributed by atoms with Crippen LogP contribution in [0.25, 0.3) is 44.3 Å². The van der Waals surface area contributed by atoms with E-state index in [-0.39, 0.29) is 5.82 Å². The third-order valence-electron chi connectivity index (χ3n) is 6.30. The molecule has 0 radical (unpaired) electrons. The quantitative estimate of drug-likeness (QED) is 0.373. The maximum atomic E-state index is 13.4. The summed E-state index contributed by atoms with van der Waals surface area (Å²) in [5.74, 6) is 0.257. The summed E-state index contributed by atoms with van der Waals surface area (Å²) in [5.41, 5.74) is 7.01. The third kappa shape index (κ3) is 3.20. The van der Waals surface area contributed by atoms with Crippen molar-refractivity contribution in [2.45, 2.75) is 18.8 Å². The molecule has 0 amide bonds. The number of hydrogen-bond donors (Lipinski definition) is 3. The Morgan fingerprint density at radius 3 is 2.58 bits per heavy atom. The van der Waals surface area contributed by atoms with Crippen LogP contribution in [-0.4, -0.2) is 33.3 Å². The molecule has 4 heterocycles. The number of fused-ring (bicyclic) bond motifs is 2. The number of rotatable bonds is 3. The maximum absolute atomic E-state index is 13.4. The van der Waals surface area contributed by atoms with Gasteiger partial charge >= 0.3 is 0 Å². The summed E-state index contributed by atoms with van der Waals surface area (Å²) in [7, 11) is 0. The normalized spacial score (nSPS) is 15.1. The summed E-state index contributed by atoms with van der Waals surface area (Å²) in [4.78, 5) is 8.23. The van der Waals surface area contributed by atoms with Crippen LogP contribution in [0.15, 0.2) is 60.8 Å². The van der Waals surface area contributed by atoms with Gasteiger partial charge in [-0.2, -0.15) is 5.10 Å². The predicted molar refractivity (Wildman–Crippen MR) is 121 cm³/mol. The Labute approximate surface area is 178 Å². The van der Waals surface area contributed by atoms with Crippen molar-refractivity contribution in [3.63, 3.8) is 0 Å². The number of H-pyrrole nitrogens is 2. The van der Waals surface area contributed by atoms with Gasteiger partial charge in [0.2, 0.25) is 0 Å². The van der Waals surface area contributed by atoms with Gasteiger partial charge in [-0.25, -0.2) is 4.39 Å². The molecule has 0 bridgehead atoms. The highest BCUT2D eigenvalue weighted by Crippen LogP contribution is 2.35. The minimum absolute atomic E-state index is 0.230. The van der Waals surface area contributed by atoms with E-state index in [9.17, 15) is 4.39 Å². The van der Waals surface area contributed by atoms with Gasteiger partial charge < -0.3 is 10.3 Å². The van der Waals surface area contributed by atoms with Crippen molar-refractivity contribution >= 4 is 21.8 Å². The van der Waals surface area contributed by atoms with Crippen LogP contribution in [0.3, 0.4) is 0 Å². The summed E-state index contributed by atoms with van der Waals surface area (Å²) < 4.78 is 13.4. The van der Waals surface area contributed by atoms with E-state index in [1.807, 2.05) is 24.4 Å². The standard InChI is InChI=1S/C25H22FN5/c26-17-6-4-15(5-7-17)18-2-1-3-21-19(18)12-23(29-21)25-20-13-22(16-8-10-27-11-9-16)28-14-24(20)30-31-25/h1-7,12-14,16,27,29H,8-11H2,(H,30,31). The first kappa shape index (κ1) is 18.3. The first-order chi connectivity index (χ1) is 15.3. The molecule has 1 fully saturated rings. The predicted octanol–water partition coefficient (Wildman–Crippen LogP) is 5.38. The number of nitrogens with zero attached hydrogens (tertiary/aromatic N) is 2. The fourth-order valence-corrected chi connectivity index (χ4v) is 4.64. The van der Waals surface area contributed by atoms with E-state index in [1.54, 1.807) is 0 Å². The highest BCUT2D eigenvalue weighted by Gasteiger charge is 2.19. The topological polar surface area (TPSA) is 69.4 Å². The molecule has 0 spiro atoms. The third-order valence-corrected chi connectivity index (χ3v) is 6.30. The Hall–Kier alpha value is -3.51. The average molecular weight is 411 g/mol. The number of aromatic nitrogens is 4. The van der Waals surface area contributed by atoms with Gasteiger partial charge in [-0.15, -0.1) is 0 Å². The summed E-state index contributed by atoms with van der Waals surface area (Å²) in [6.07, 6.45) is 4.12. The first-order valence-electron chi connectivity index (χ1n) is 10.7. The van der Waals surface area contributed by atoms with Gasteiger partial charge in [0.25, 0.3) is 0 Å². The summed E-state index contributed by atoms with van der Waals surface area (Å²) in [6, 6.07) is 17.1. The minimum atomic E-state index is -0.230. The number of hydrogen-bond acceptors (Lipinski definition) is 3. The Kier molecular flexibility index (Phi) is 4.32. The Balaban J connectivity index is 1.46. The number of aromatic amines is 2. The van der Waals surface area contributed by atoms with Gasteiger partial charge in [-0.1, -0.05) is 24.3 Å². The molecular formula is C25H22FN5. The zero-order valence-corrected chi connectivity index (χ0v) is 17.0. The Morgan fingerprint density at radius 1 is 0.903 bits per heavy atom. The molecule has 3 N–H and O–H groups in total. The molecule has 0 unspecified atom stereocenters. The number of halogens is 1. The van der Waals surface area contributed by atoms with E-state index in [2.05, 4.69) is 44.8 Å². The molecule has 5 aromatic rings.